The Kier molecular flexibility index (Phi) is 5.70. The molecular formula is C13H17Br2NOS. The molecule has 1 aliphatic carbocycles. The molecule has 1 aliphatic rings. The molecule has 0 radical (unpaired) electrons. The molecule has 0 aliphatic heterocycles. The number of thiophene rings is 1. The summed E-state index contributed by atoms with van der Waals surface area (Å²) in [4.78, 5) is 15.5. The molecule has 0 N–H and O–H groups in total. The number of halogens is 2. The first-order valence-corrected chi connectivity index (χ1v) is 9.13. The lowest BCUT2D eigenvalue weighted by Crippen LogP contribution is -2.42. The first-order chi connectivity index (χ1) is 8.74. The predicted molar refractivity (Wildman–Crippen MR) is 83.7 cm³/mol. The largest absolute Gasteiger partial charge is 0.334 e. The molecule has 0 bridgehead atoms. The van der Waals surface area contributed by atoms with E-state index in [0.717, 1.165) is 34.1 Å². The van der Waals surface area contributed by atoms with Crippen molar-refractivity contribution < 1.29 is 4.79 Å². The summed E-state index contributed by atoms with van der Waals surface area (Å²) in [5, 5.41) is 2.81. The summed E-state index contributed by atoms with van der Waals surface area (Å²) < 4.78 is 0.924. The SMILES string of the molecule is O=C(c1sccc1Br)N(CCBr)C1CCCCC1. The van der Waals surface area contributed by atoms with Crippen LogP contribution in [0.3, 0.4) is 0 Å². The van der Waals surface area contributed by atoms with Crippen LogP contribution in [0.5, 0.6) is 0 Å². The van der Waals surface area contributed by atoms with Crippen LogP contribution in [-0.4, -0.2) is 28.7 Å². The van der Waals surface area contributed by atoms with E-state index in [1.807, 2.05) is 11.4 Å². The van der Waals surface area contributed by atoms with Crippen molar-refractivity contribution in [3.05, 3.63) is 20.8 Å². The lowest BCUT2D eigenvalue weighted by molar-refractivity contribution is 0.0655. The van der Waals surface area contributed by atoms with Crippen LogP contribution in [-0.2, 0) is 0 Å². The first-order valence-electron chi connectivity index (χ1n) is 6.34. The van der Waals surface area contributed by atoms with Crippen LogP contribution in [0.1, 0.15) is 41.8 Å². The fourth-order valence-corrected chi connectivity index (χ4v) is 4.39. The highest BCUT2D eigenvalue weighted by Gasteiger charge is 2.27. The average molecular weight is 395 g/mol. The molecule has 1 heterocycles. The molecule has 100 valence electrons. The van der Waals surface area contributed by atoms with Gasteiger partial charge in [0, 0.05) is 22.4 Å². The van der Waals surface area contributed by atoms with Crippen molar-refractivity contribution in [1.29, 1.82) is 0 Å². The molecule has 1 saturated carbocycles. The van der Waals surface area contributed by atoms with Crippen LogP contribution < -0.4 is 0 Å². The van der Waals surface area contributed by atoms with E-state index in [2.05, 4.69) is 36.8 Å². The number of carbonyl (C=O) groups is 1. The van der Waals surface area contributed by atoms with E-state index in [0.29, 0.717) is 6.04 Å². The van der Waals surface area contributed by atoms with Gasteiger partial charge in [-0.15, -0.1) is 11.3 Å². The Labute approximate surface area is 129 Å². The summed E-state index contributed by atoms with van der Waals surface area (Å²) in [5.41, 5.74) is 0. The minimum Gasteiger partial charge on any atom is -0.334 e. The van der Waals surface area contributed by atoms with Crippen molar-refractivity contribution in [1.82, 2.24) is 4.90 Å². The van der Waals surface area contributed by atoms with Crippen molar-refractivity contribution in [3.8, 4) is 0 Å². The molecule has 1 amide bonds. The van der Waals surface area contributed by atoms with Crippen molar-refractivity contribution >= 4 is 49.1 Å². The summed E-state index contributed by atoms with van der Waals surface area (Å²) in [6.45, 7) is 0.799. The second-order valence-electron chi connectivity index (χ2n) is 4.58. The van der Waals surface area contributed by atoms with E-state index < -0.39 is 0 Å². The van der Waals surface area contributed by atoms with Gasteiger partial charge in [-0.2, -0.15) is 0 Å². The highest BCUT2D eigenvalue weighted by atomic mass is 79.9. The number of rotatable bonds is 4. The Balaban J connectivity index is 2.13. The molecule has 1 fully saturated rings. The number of amides is 1. The maximum atomic E-state index is 12.6. The van der Waals surface area contributed by atoms with E-state index in [-0.39, 0.29) is 5.91 Å². The summed E-state index contributed by atoms with van der Waals surface area (Å²) in [7, 11) is 0. The van der Waals surface area contributed by atoms with Gasteiger partial charge in [0.2, 0.25) is 0 Å². The third-order valence-corrected chi connectivity index (χ3v) is 5.59. The van der Waals surface area contributed by atoms with Crippen molar-refractivity contribution in [2.24, 2.45) is 0 Å². The Morgan fingerprint density at radius 1 is 1.39 bits per heavy atom. The Morgan fingerprint density at radius 3 is 2.67 bits per heavy atom. The molecule has 1 aromatic rings. The molecular weight excluding hydrogens is 378 g/mol. The van der Waals surface area contributed by atoms with E-state index >= 15 is 0 Å². The fourth-order valence-electron chi connectivity index (χ4n) is 2.51. The van der Waals surface area contributed by atoms with E-state index in [9.17, 15) is 4.79 Å². The summed E-state index contributed by atoms with van der Waals surface area (Å²) in [6, 6.07) is 2.38. The molecule has 2 rings (SSSR count). The van der Waals surface area contributed by atoms with E-state index in [1.165, 1.54) is 30.6 Å². The minimum atomic E-state index is 0.184. The highest BCUT2D eigenvalue weighted by molar-refractivity contribution is 9.10. The standard InChI is InChI=1S/C13H17Br2NOS/c14-7-8-16(10-4-2-1-3-5-10)13(17)12-11(15)6-9-18-12/h6,9-10H,1-5,7-8H2. The van der Waals surface area contributed by atoms with Gasteiger partial charge >= 0.3 is 0 Å². The average Bonchev–Trinajstić information content (AvgIpc) is 2.82. The first kappa shape index (κ1) is 14.5. The van der Waals surface area contributed by atoms with Crippen molar-refractivity contribution in [2.75, 3.05) is 11.9 Å². The molecule has 5 heteroatoms. The quantitative estimate of drug-likeness (QED) is 0.678. The van der Waals surface area contributed by atoms with Crippen LogP contribution in [0.25, 0.3) is 0 Å². The van der Waals surface area contributed by atoms with Gasteiger partial charge in [-0.3, -0.25) is 4.79 Å². The van der Waals surface area contributed by atoms with Gasteiger partial charge in [0.15, 0.2) is 0 Å². The monoisotopic (exact) mass is 393 g/mol. The molecule has 0 unspecified atom stereocenters. The highest BCUT2D eigenvalue weighted by Crippen LogP contribution is 2.28. The van der Waals surface area contributed by atoms with Gasteiger partial charge in [-0.1, -0.05) is 35.2 Å². The molecule has 1 aromatic heterocycles. The molecule has 0 spiro atoms. The molecule has 0 aromatic carbocycles. The molecule has 18 heavy (non-hydrogen) atoms. The third-order valence-electron chi connectivity index (χ3n) is 3.41. The number of carbonyl (C=O) groups excluding carboxylic acids is 1. The zero-order valence-corrected chi connectivity index (χ0v) is 14.2. The Hall–Kier alpha value is 0.130. The maximum Gasteiger partial charge on any atom is 0.265 e. The van der Waals surface area contributed by atoms with Crippen LogP contribution in [0, 0.1) is 0 Å². The predicted octanol–water partition coefficient (Wildman–Crippen LogP) is 4.68. The number of hydrogen-bond acceptors (Lipinski definition) is 2. The Morgan fingerprint density at radius 2 is 2.11 bits per heavy atom. The van der Waals surface area contributed by atoms with Crippen LogP contribution >= 0.6 is 43.2 Å². The number of hydrogen-bond donors (Lipinski definition) is 0. The maximum absolute atomic E-state index is 12.6. The van der Waals surface area contributed by atoms with Gasteiger partial charge in [0.05, 0.1) is 0 Å². The smallest absolute Gasteiger partial charge is 0.265 e. The zero-order chi connectivity index (χ0) is 13.0. The van der Waals surface area contributed by atoms with Crippen LogP contribution in [0.15, 0.2) is 15.9 Å². The normalized spacial score (nSPS) is 16.8. The Bertz CT molecular complexity index is 401. The van der Waals surface area contributed by atoms with Gasteiger partial charge in [-0.25, -0.2) is 0 Å². The minimum absolute atomic E-state index is 0.184. The second-order valence-corrected chi connectivity index (χ2v) is 7.14. The number of alkyl halides is 1. The van der Waals surface area contributed by atoms with Crippen molar-refractivity contribution in [3.63, 3.8) is 0 Å². The van der Waals surface area contributed by atoms with Gasteiger partial charge in [0.1, 0.15) is 4.88 Å². The van der Waals surface area contributed by atoms with Gasteiger partial charge in [0.25, 0.3) is 5.91 Å². The fraction of sp³-hybridized carbons (Fsp3) is 0.615. The summed E-state index contributed by atoms with van der Waals surface area (Å²) in [6.07, 6.45) is 6.13. The van der Waals surface area contributed by atoms with E-state index in [1.54, 1.807) is 0 Å². The lowest BCUT2D eigenvalue weighted by atomic mass is 9.94. The van der Waals surface area contributed by atoms with E-state index in [4.69, 9.17) is 0 Å². The van der Waals surface area contributed by atoms with Crippen LogP contribution in [0.2, 0.25) is 0 Å². The van der Waals surface area contributed by atoms with Gasteiger partial charge in [-0.05, 0) is 40.2 Å². The third kappa shape index (κ3) is 3.36. The summed E-state index contributed by atoms with van der Waals surface area (Å²) >= 11 is 8.45. The molecule has 2 nitrogen and oxygen atoms in total. The zero-order valence-electron chi connectivity index (χ0n) is 10.2. The second kappa shape index (κ2) is 7.06. The number of nitrogens with zero attached hydrogens (tertiary/aromatic N) is 1. The molecule has 0 saturated heterocycles. The lowest BCUT2D eigenvalue weighted by Gasteiger charge is -2.34. The molecule has 0 atom stereocenters. The van der Waals surface area contributed by atoms with Crippen molar-refractivity contribution in [2.45, 2.75) is 38.1 Å². The van der Waals surface area contributed by atoms with Crippen LogP contribution in [0.4, 0.5) is 0 Å². The summed E-state index contributed by atoms with van der Waals surface area (Å²) in [5.74, 6) is 0.184. The topological polar surface area (TPSA) is 20.3 Å². The van der Waals surface area contributed by atoms with Gasteiger partial charge < -0.3 is 4.90 Å².